The molecule has 0 bridgehead atoms. The molecule has 6 aromatic carbocycles. The normalized spacial score (nSPS) is 12.3. The van der Waals surface area contributed by atoms with Crippen molar-refractivity contribution in [1.82, 2.24) is 19.5 Å². The number of fused-ring (bicyclic) bond motifs is 8. The van der Waals surface area contributed by atoms with Crippen LogP contribution in [-0.2, 0) is 0 Å². The van der Waals surface area contributed by atoms with E-state index < -0.39 is 0 Å². The maximum absolute atomic E-state index is 4.99. The number of nitrogens with zero attached hydrogens (tertiary/aromatic N) is 4. The van der Waals surface area contributed by atoms with Crippen molar-refractivity contribution < 1.29 is 0 Å². The number of hydrogen-bond donors (Lipinski definition) is 0. The summed E-state index contributed by atoms with van der Waals surface area (Å²) in [6.07, 6.45) is 7.73. The van der Waals surface area contributed by atoms with Gasteiger partial charge in [-0.15, -0.1) is 11.3 Å². The first kappa shape index (κ1) is 29.0. The maximum Gasteiger partial charge on any atom is 0.164 e. The van der Waals surface area contributed by atoms with Crippen molar-refractivity contribution in [1.29, 1.82) is 0 Å². The van der Waals surface area contributed by atoms with Crippen LogP contribution in [0.2, 0.25) is 0 Å². The molecule has 0 amide bonds. The van der Waals surface area contributed by atoms with E-state index in [2.05, 4.69) is 108 Å². The molecule has 5 heteroatoms. The van der Waals surface area contributed by atoms with E-state index in [-0.39, 0.29) is 0 Å². The number of rotatable bonds is 6. The van der Waals surface area contributed by atoms with Crippen LogP contribution in [0.5, 0.6) is 0 Å². The quantitative estimate of drug-likeness (QED) is 0.169. The SMILES string of the molecule is C=C/C(=C\C=C/C)c1nc(-c2ccccc2)nc(-c2ccc3c(c2)sc2cccc(-n4c5ccccc5c5ccc6ccccc6c54)c23)n1. The lowest BCUT2D eigenvalue weighted by Gasteiger charge is -2.12. The largest absolute Gasteiger partial charge is 0.308 e. The molecule has 232 valence electrons. The second-order valence-electron chi connectivity index (χ2n) is 12.0. The van der Waals surface area contributed by atoms with Gasteiger partial charge in [-0.05, 0) is 36.6 Å². The van der Waals surface area contributed by atoms with E-state index in [1.807, 2.05) is 55.5 Å². The van der Waals surface area contributed by atoms with E-state index in [4.69, 9.17) is 15.0 Å². The zero-order valence-corrected chi connectivity index (χ0v) is 27.7. The highest BCUT2D eigenvalue weighted by Crippen LogP contribution is 2.43. The molecule has 9 aromatic rings. The number of allylic oxidation sites excluding steroid dienone is 5. The van der Waals surface area contributed by atoms with Gasteiger partial charge in [-0.1, -0.05) is 134 Å². The van der Waals surface area contributed by atoms with Gasteiger partial charge in [-0.3, -0.25) is 0 Å². The van der Waals surface area contributed by atoms with Gasteiger partial charge in [0.1, 0.15) is 0 Å². The van der Waals surface area contributed by atoms with Crippen LogP contribution in [0.1, 0.15) is 12.7 Å². The van der Waals surface area contributed by atoms with Gasteiger partial charge < -0.3 is 4.57 Å². The molecule has 0 aliphatic heterocycles. The van der Waals surface area contributed by atoms with E-state index in [1.165, 1.54) is 58.4 Å². The molecule has 0 aliphatic rings. The van der Waals surface area contributed by atoms with Crippen molar-refractivity contribution in [3.05, 3.63) is 164 Å². The van der Waals surface area contributed by atoms with Crippen molar-refractivity contribution in [3.63, 3.8) is 0 Å². The van der Waals surface area contributed by atoms with Crippen LogP contribution >= 0.6 is 11.3 Å². The summed E-state index contributed by atoms with van der Waals surface area (Å²) in [4.78, 5) is 14.8. The first-order chi connectivity index (χ1) is 24.2. The van der Waals surface area contributed by atoms with Gasteiger partial charge in [0, 0.05) is 53.0 Å². The third-order valence-electron chi connectivity index (χ3n) is 9.15. The summed E-state index contributed by atoms with van der Waals surface area (Å²) < 4.78 is 4.88. The summed E-state index contributed by atoms with van der Waals surface area (Å²) in [6, 6.07) is 45.3. The van der Waals surface area contributed by atoms with E-state index in [0.29, 0.717) is 17.5 Å². The van der Waals surface area contributed by atoms with Gasteiger partial charge in [-0.2, -0.15) is 0 Å². The Bertz CT molecular complexity index is 2800. The maximum atomic E-state index is 4.99. The minimum atomic E-state index is 0.592. The first-order valence-electron chi connectivity index (χ1n) is 16.4. The molecule has 49 heavy (non-hydrogen) atoms. The second-order valence-corrected chi connectivity index (χ2v) is 13.1. The fourth-order valence-electron chi connectivity index (χ4n) is 6.90. The first-order valence-corrected chi connectivity index (χ1v) is 17.2. The number of para-hydroxylation sites is 1. The lowest BCUT2D eigenvalue weighted by Crippen LogP contribution is -2.02. The Morgan fingerprint density at radius 3 is 2.24 bits per heavy atom. The van der Waals surface area contributed by atoms with Gasteiger partial charge in [-0.25, -0.2) is 15.0 Å². The van der Waals surface area contributed by atoms with Crippen molar-refractivity contribution in [2.75, 3.05) is 0 Å². The fraction of sp³-hybridized carbons (Fsp3) is 0.0227. The summed E-state index contributed by atoms with van der Waals surface area (Å²) in [7, 11) is 0. The highest BCUT2D eigenvalue weighted by Gasteiger charge is 2.19. The van der Waals surface area contributed by atoms with E-state index >= 15 is 0 Å². The van der Waals surface area contributed by atoms with E-state index in [0.717, 1.165) is 16.7 Å². The van der Waals surface area contributed by atoms with Gasteiger partial charge in [0.05, 0.1) is 16.7 Å². The zero-order chi connectivity index (χ0) is 32.9. The van der Waals surface area contributed by atoms with E-state index in [9.17, 15) is 0 Å². The van der Waals surface area contributed by atoms with Crippen molar-refractivity contribution in [2.24, 2.45) is 0 Å². The lowest BCUT2D eigenvalue weighted by molar-refractivity contribution is 1.04. The predicted octanol–water partition coefficient (Wildman–Crippen LogP) is 12.0. The van der Waals surface area contributed by atoms with Crippen molar-refractivity contribution in [3.8, 4) is 28.5 Å². The third-order valence-corrected chi connectivity index (χ3v) is 10.3. The molecule has 0 saturated heterocycles. The summed E-state index contributed by atoms with van der Waals surface area (Å²) in [6.45, 7) is 6.03. The van der Waals surface area contributed by atoms with Crippen LogP contribution < -0.4 is 0 Å². The smallest absolute Gasteiger partial charge is 0.164 e. The Morgan fingerprint density at radius 2 is 1.41 bits per heavy atom. The molecule has 0 unspecified atom stereocenters. The van der Waals surface area contributed by atoms with Gasteiger partial charge >= 0.3 is 0 Å². The highest BCUT2D eigenvalue weighted by molar-refractivity contribution is 7.26. The van der Waals surface area contributed by atoms with E-state index in [1.54, 1.807) is 17.4 Å². The number of benzene rings is 6. The molecule has 0 radical (unpaired) electrons. The van der Waals surface area contributed by atoms with Crippen molar-refractivity contribution in [2.45, 2.75) is 6.92 Å². The topological polar surface area (TPSA) is 43.6 Å². The summed E-state index contributed by atoms with van der Waals surface area (Å²) in [5, 5.41) is 7.45. The molecular formula is C44H30N4S. The Kier molecular flexibility index (Phi) is 6.99. The summed E-state index contributed by atoms with van der Waals surface area (Å²) >= 11 is 1.80. The molecular weight excluding hydrogens is 617 g/mol. The Hall–Kier alpha value is -6.17. The fourth-order valence-corrected chi connectivity index (χ4v) is 8.06. The molecule has 0 aliphatic carbocycles. The van der Waals surface area contributed by atoms with Crippen LogP contribution in [0.3, 0.4) is 0 Å². The van der Waals surface area contributed by atoms with Crippen LogP contribution in [-0.4, -0.2) is 19.5 Å². The van der Waals surface area contributed by atoms with Gasteiger partial charge in [0.15, 0.2) is 17.5 Å². The molecule has 3 aromatic heterocycles. The molecule has 4 nitrogen and oxygen atoms in total. The Labute approximate surface area is 287 Å². The standard InChI is InChI=1S/C44H30N4S/c1-3-5-14-28(4-2)42-45-43(30-16-7-6-8-17-30)47-44(46-42)31-24-26-35-39(27-31)49-38-22-13-21-37(40(35)38)48-36-20-12-11-19-33(36)34-25-23-29-15-9-10-18-32(29)41(34)48/h3-27H,2H2,1H3/b5-3-,28-14+. The summed E-state index contributed by atoms with van der Waals surface area (Å²) in [5.74, 6) is 1.85. The van der Waals surface area contributed by atoms with Crippen LogP contribution in [0, 0.1) is 0 Å². The van der Waals surface area contributed by atoms with Crippen LogP contribution in [0.25, 0.3) is 86.8 Å². The van der Waals surface area contributed by atoms with Crippen LogP contribution in [0.15, 0.2) is 158 Å². The lowest BCUT2D eigenvalue weighted by atomic mass is 10.1. The average molecular weight is 647 g/mol. The second kappa shape index (κ2) is 11.8. The summed E-state index contributed by atoms with van der Waals surface area (Å²) in [5.41, 5.74) is 6.33. The molecule has 3 heterocycles. The molecule has 0 spiro atoms. The minimum Gasteiger partial charge on any atom is -0.308 e. The minimum absolute atomic E-state index is 0.592. The van der Waals surface area contributed by atoms with Crippen LogP contribution in [0.4, 0.5) is 0 Å². The third kappa shape index (κ3) is 4.78. The molecule has 0 atom stereocenters. The number of hydrogen-bond acceptors (Lipinski definition) is 4. The molecule has 0 saturated carbocycles. The average Bonchev–Trinajstić information content (AvgIpc) is 3.71. The van der Waals surface area contributed by atoms with Crippen molar-refractivity contribution >= 4 is 69.7 Å². The monoisotopic (exact) mass is 646 g/mol. The number of thiophene rings is 1. The predicted molar refractivity (Wildman–Crippen MR) is 208 cm³/mol. The molecule has 0 fully saturated rings. The Balaban J connectivity index is 1.28. The van der Waals surface area contributed by atoms with Gasteiger partial charge in [0.25, 0.3) is 0 Å². The number of aromatic nitrogens is 4. The Morgan fingerprint density at radius 1 is 0.653 bits per heavy atom. The zero-order valence-electron chi connectivity index (χ0n) is 26.8. The van der Waals surface area contributed by atoms with Gasteiger partial charge in [0.2, 0.25) is 0 Å². The molecule has 0 N–H and O–H groups in total. The molecule has 9 rings (SSSR count). The highest BCUT2D eigenvalue weighted by atomic mass is 32.1.